The quantitative estimate of drug-likeness (QED) is 0.195. The smallest absolute Gasteiger partial charge is 0.349 e. The van der Waals surface area contributed by atoms with E-state index in [4.69, 9.17) is 23.4 Å². The Morgan fingerprint density at radius 2 is 1.54 bits per heavy atom. The zero-order valence-corrected chi connectivity index (χ0v) is 20.0. The molecule has 0 amide bonds. The number of nitrogens with zero attached hydrogens (tertiary/aromatic N) is 2. The van der Waals surface area contributed by atoms with Crippen LogP contribution in [0.2, 0.25) is 0 Å². The fraction of sp³-hybridized carbons (Fsp3) is 0.250. The van der Waals surface area contributed by atoms with Gasteiger partial charge in [-0.3, -0.25) is 14.9 Å². The van der Waals surface area contributed by atoms with Gasteiger partial charge in [-0.15, -0.1) is 10.2 Å². The zero-order valence-electron chi connectivity index (χ0n) is 19.2. The van der Waals surface area contributed by atoms with Gasteiger partial charge in [0.15, 0.2) is 11.5 Å². The SMILES string of the molecule is COc1ccc(-c2c(C(=O)C3CC3)c(C)[n+](C)c(-c3ccccc3)c2[N+](=O)[O-])cc1.[O-][Cl+3]([O-])([O-])[O-]. The molecule has 35 heavy (non-hydrogen) atoms. The van der Waals surface area contributed by atoms with Crippen molar-refractivity contribution < 1.29 is 47.9 Å². The first kappa shape index (κ1) is 26.2. The Morgan fingerprint density at radius 1 is 1.00 bits per heavy atom. The summed E-state index contributed by atoms with van der Waals surface area (Å²) in [5.41, 5.74) is 3.34. The minimum absolute atomic E-state index is 0.0170. The van der Waals surface area contributed by atoms with Gasteiger partial charge in [0, 0.05) is 12.8 Å². The highest BCUT2D eigenvalue weighted by molar-refractivity contribution is 6.08. The molecule has 0 bridgehead atoms. The van der Waals surface area contributed by atoms with Crippen LogP contribution >= 0.6 is 0 Å². The van der Waals surface area contributed by atoms with Crippen molar-refractivity contribution in [3.63, 3.8) is 0 Å². The lowest BCUT2D eigenvalue weighted by Gasteiger charge is -2.17. The molecule has 0 spiro atoms. The lowest BCUT2D eigenvalue weighted by molar-refractivity contribution is -2.00. The van der Waals surface area contributed by atoms with Crippen molar-refractivity contribution in [3.05, 3.63) is 76.0 Å². The number of methoxy groups -OCH3 is 1. The number of carbonyl (C=O) groups is 1. The maximum atomic E-state index is 13.3. The van der Waals surface area contributed by atoms with Crippen LogP contribution in [0, 0.1) is 33.2 Å². The summed E-state index contributed by atoms with van der Waals surface area (Å²) in [7, 11) is -1.59. The topological polar surface area (TPSA) is 166 Å². The molecule has 1 saturated carbocycles. The van der Waals surface area contributed by atoms with Crippen molar-refractivity contribution in [2.24, 2.45) is 13.0 Å². The fourth-order valence-corrected chi connectivity index (χ4v) is 3.91. The molecule has 1 aliphatic rings. The third-order valence-electron chi connectivity index (χ3n) is 5.71. The molecule has 1 aliphatic carbocycles. The molecule has 1 aromatic heterocycles. The molecule has 2 aromatic carbocycles. The molecular weight excluding hydrogens is 480 g/mol. The minimum Gasteiger partial charge on any atom is -0.497 e. The highest BCUT2D eigenvalue weighted by Crippen LogP contribution is 2.43. The Labute approximate surface area is 203 Å². The molecule has 0 saturated heterocycles. The average molecular weight is 503 g/mol. The van der Waals surface area contributed by atoms with Crippen LogP contribution in [0.4, 0.5) is 5.69 Å². The molecule has 0 N–H and O–H groups in total. The highest BCUT2D eigenvalue weighted by atomic mass is 35.7. The summed E-state index contributed by atoms with van der Waals surface area (Å²) in [6, 6.07) is 16.3. The molecule has 184 valence electrons. The molecule has 0 aliphatic heterocycles. The van der Waals surface area contributed by atoms with E-state index in [9.17, 15) is 14.9 Å². The minimum atomic E-state index is -4.94. The Kier molecular flexibility index (Phi) is 7.83. The van der Waals surface area contributed by atoms with Gasteiger partial charge >= 0.3 is 5.69 Å². The van der Waals surface area contributed by atoms with Gasteiger partial charge < -0.3 is 4.74 Å². The largest absolute Gasteiger partial charge is 0.497 e. The van der Waals surface area contributed by atoms with Crippen LogP contribution in [0.15, 0.2) is 54.6 Å². The number of halogens is 1. The Morgan fingerprint density at radius 3 is 2.00 bits per heavy atom. The van der Waals surface area contributed by atoms with Gasteiger partial charge in [0.25, 0.3) is 5.69 Å². The van der Waals surface area contributed by atoms with Crippen molar-refractivity contribution in [2.75, 3.05) is 7.11 Å². The molecule has 3 aromatic rings. The third-order valence-corrected chi connectivity index (χ3v) is 5.71. The van der Waals surface area contributed by atoms with Crippen LogP contribution in [0.1, 0.15) is 28.9 Å². The molecule has 11 heteroatoms. The molecule has 0 unspecified atom stereocenters. The number of aromatic nitrogens is 1. The number of hydrogen-bond acceptors (Lipinski definition) is 8. The van der Waals surface area contributed by atoms with Gasteiger partial charge in [-0.05, 0) is 42.7 Å². The van der Waals surface area contributed by atoms with Gasteiger partial charge in [-0.1, -0.05) is 30.3 Å². The van der Waals surface area contributed by atoms with E-state index >= 15 is 0 Å². The standard InChI is InChI=1S/C24H23N2O4.ClHO4/c1-15-20(24(27)18-9-10-18)21(16-11-13-19(30-3)14-12-16)23(26(28)29)22(25(15)2)17-7-5-4-6-8-17;2-1(3,4)5/h4-8,11-14,18H,9-10H2,1-3H3;(H,2,3,4,5)/q+1;/p-1. The highest BCUT2D eigenvalue weighted by Gasteiger charge is 2.42. The molecule has 0 atom stereocenters. The molecular formula is C24H23ClN2O8. The van der Waals surface area contributed by atoms with E-state index < -0.39 is 10.2 Å². The average Bonchev–Trinajstić information content (AvgIpc) is 3.65. The van der Waals surface area contributed by atoms with Crippen LogP contribution in [0.3, 0.4) is 0 Å². The Bertz CT molecular complexity index is 1230. The number of nitro groups is 1. The molecule has 4 rings (SSSR count). The van der Waals surface area contributed by atoms with E-state index in [2.05, 4.69) is 0 Å². The predicted octanol–water partition coefficient (Wildman–Crippen LogP) is -0.0930. The number of ketones is 1. The normalized spacial score (nSPS) is 13.0. The first-order valence-corrected chi connectivity index (χ1v) is 11.7. The summed E-state index contributed by atoms with van der Waals surface area (Å²) in [5.74, 6) is 0.581. The van der Waals surface area contributed by atoms with E-state index in [0.29, 0.717) is 28.1 Å². The van der Waals surface area contributed by atoms with Crippen molar-refractivity contribution in [1.29, 1.82) is 0 Å². The second-order valence-electron chi connectivity index (χ2n) is 7.96. The summed E-state index contributed by atoms with van der Waals surface area (Å²) in [5, 5.41) is 12.4. The van der Waals surface area contributed by atoms with E-state index in [1.807, 2.05) is 37.3 Å². The van der Waals surface area contributed by atoms with Crippen molar-refractivity contribution in [1.82, 2.24) is 0 Å². The molecule has 1 fully saturated rings. The third kappa shape index (κ3) is 6.18. The Hall–Kier alpha value is -3.41. The number of Topliss-reactive ketones (excluding diaryl/α,β-unsaturated/α-hetero) is 1. The number of carbonyl (C=O) groups excluding carboxylic acids is 1. The summed E-state index contributed by atoms with van der Waals surface area (Å²) >= 11 is 0. The predicted molar refractivity (Wildman–Crippen MR) is 113 cm³/mol. The van der Waals surface area contributed by atoms with Gasteiger partial charge in [0.1, 0.15) is 12.8 Å². The molecule has 1 heterocycles. The number of rotatable bonds is 6. The van der Waals surface area contributed by atoms with Crippen LogP contribution < -0.4 is 27.9 Å². The van der Waals surface area contributed by atoms with E-state index in [1.165, 1.54) is 0 Å². The second-order valence-corrected chi connectivity index (χ2v) is 8.72. The summed E-state index contributed by atoms with van der Waals surface area (Å²) in [4.78, 5) is 25.3. The zero-order chi connectivity index (χ0) is 25.9. The van der Waals surface area contributed by atoms with E-state index in [1.54, 1.807) is 43.0 Å². The number of ether oxygens (including phenoxy) is 1. The van der Waals surface area contributed by atoms with Crippen LogP contribution in [0.5, 0.6) is 5.75 Å². The summed E-state index contributed by atoms with van der Waals surface area (Å²) in [6.45, 7) is 1.86. The first-order valence-electron chi connectivity index (χ1n) is 10.5. The van der Waals surface area contributed by atoms with Crippen molar-refractivity contribution in [2.45, 2.75) is 19.8 Å². The van der Waals surface area contributed by atoms with Gasteiger partial charge in [0.2, 0.25) is 0 Å². The summed E-state index contributed by atoms with van der Waals surface area (Å²) < 4.78 is 41.0. The first-order chi connectivity index (χ1) is 16.4. The van der Waals surface area contributed by atoms with Crippen molar-refractivity contribution >= 4 is 11.5 Å². The number of hydrogen-bond donors (Lipinski definition) is 0. The molecule has 0 radical (unpaired) electrons. The number of benzene rings is 2. The monoisotopic (exact) mass is 502 g/mol. The number of pyridine rings is 1. The van der Waals surface area contributed by atoms with Gasteiger partial charge in [0.05, 0.1) is 28.7 Å². The lowest BCUT2D eigenvalue weighted by Crippen LogP contribution is -2.68. The fourth-order valence-electron chi connectivity index (χ4n) is 3.91. The van der Waals surface area contributed by atoms with E-state index in [-0.39, 0.29) is 22.3 Å². The second kappa shape index (κ2) is 10.5. The van der Waals surface area contributed by atoms with Gasteiger partial charge in [-0.25, -0.2) is 18.6 Å². The molecule has 10 nitrogen and oxygen atoms in total. The maximum Gasteiger partial charge on any atom is 0.349 e. The lowest BCUT2D eigenvalue weighted by atomic mass is 9.90. The maximum absolute atomic E-state index is 13.3. The Balaban J connectivity index is 0.000000623. The summed E-state index contributed by atoms with van der Waals surface area (Å²) in [6.07, 6.45) is 1.66. The van der Waals surface area contributed by atoms with Crippen LogP contribution in [0.25, 0.3) is 22.4 Å². The van der Waals surface area contributed by atoms with Crippen LogP contribution in [-0.4, -0.2) is 17.8 Å². The van der Waals surface area contributed by atoms with Crippen LogP contribution in [-0.2, 0) is 7.05 Å². The van der Waals surface area contributed by atoms with Gasteiger partial charge in [-0.2, -0.15) is 4.57 Å². The van der Waals surface area contributed by atoms with Crippen molar-refractivity contribution in [3.8, 4) is 28.1 Å². The van der Waals surface area contributed by atoms with E-state index in [0.717, 1.165) is 24.1 Å².